The second-order valence-electron chi connectivity index (χ2n) is 4.86. The van der Waals surface area contributed by atoms with Gasteiger partial charge in [0.2, 0.25) is 0 Å². The van der Waals surface area contributed by atoms with Crippen LogP contribution < -0.4 is 10.1 Å². The summed E-state index contributed by atoms with van der Waals surface area (Å²) < 4.78 is 5.09. The summed E-state index contributed by atoms with van der Waals surface area (Å²) in [5.74, 6) is 0.897. The zero-order valence-electron chi connectivity index (χ0n) is 12.2. The number of nitrogens with one attached hydrogen (secondary N) is 1. The SMILES string of the molecule is COc1ccc(C(C)NC(C)c2nc(C)cs2)c(O)c1. The van der Waals surface area contributed by atoms with Crippen LogP contribution >= 0.6 is 11.3 Å². The molecule has 0 saturated heterocycles. The van der Waals surface area contributed by atoms with Crippen LogP contribution in [0, 0.1) is 6.92 Å². The van der Waals surface area contributed by atoms with Crippen molar-refractivity contribution >= 4 is 11.3 Å². The average Bonchev–Trinajstić information content (AvgIpc) is 2.85. The number of benzene rings is 1. The van der Waals surface area contributed by atoms with Crippen LogP contribution in [0.1, 0.15) is 42.2 Å². The molecule has 1 aromatic carbocycles. The maximum atomic E-state index is 10.0. The number of hydrogen-bond acceptors (Lipinski definition) is 5. The van der Waals surface area contributed by atoms with Gasteiger partial charge in [-0.3, -0.25) is 0 Å². The molecule has 0 amide bonds. The van der Waals surface area contributed by atoms with E-state index in [1.807, 2.05) is 31.4 Å². The highest BCUT2D eigenvalue weighted by atomic mass is 32.1. The summed E-state index contributed by atoms with van der Waals surface area (Å²) in [4.78, 5) is 4.48. The summed E-state index contributed by atoms with van der Waals surface area (Å²) in [5, 5.41) is 16.6. The van der Waals surface area contributed by atoms with Crippen LogP contribution in [0.5, 0.6) is 11.5 Å². The third-order valence-electron chi connectivity index (χ3n) is 3.21. The Labute approximate surface area is 123 Å². The molecule has 4 nitrogen and oxygen atoms in total. The van der Waals surface area contributed by atoms with Crippen LogP contribution in [-0.2, 0) is 0 Å². The number of aromatic hydroxyl groups is 1. The van der Waals surface area contributed by atoms with E-state index in [4.69, 9.17) is 4.74 Å². The van der Waals surface area contributed by atoms with Crippen molar-refractivity contribution in [2.45, 2.75) is 32.9 Å². The van der Waals surface area contributed by atoms with Crippen LogP contribution in [0.4, 0.5) is 0 Å². The lowest BCUT2D eigenvalue weighted by Crippen LogP contribution is -2.22. The van der Waals surface area contributed by atoms with E-state index in [2.05, 4.69) is 17.2 Å². The fourth-order valence-corrected chi connectivity index (χ4v) is 2.94. The largest absolute Gasteiger partial charge is 0.507 e. The minimum atomic E-state index is 0.0279. The summed E-state index contributed by atoms with van der Waals surface area (Å²) in [6, 6.07) is 5.54. The first-order chi connectivity index (χ1) is 9.51. The Balaban J connectivity index is 2.09. The maximum absolute atomic E-state index is 10.0. The van der Waals surface area contributed by atoms with E-state index < -0.39 is 0 Å². The molecular weight excluding hydrogens is 272 g/mol. The average molecular weight is 292 g/mol. The van der Waals surface area contributed by atoms with Gasteiger partial charge in [-0.25, -0.2) is 4.98 Å². The topological polar surface area (TPSA) is 54.4 Å². The number of hydrogen-bond donors (Lipinski definition) is 2. The molecule has 5 heteroatoms. The first-order valence-electron chi connectivity index (χ1n) is 6.56. The van der Waals surface area contributed by atoms with Crippen molar-refractivity contribution in [3.63, 3.8) is 0 Å². The van der Waals surface area contributed by atoms with Crippen molar-refractivity contribution in [1.82, 2.24) is 10.3 Å². The molecule has 0 aliphatic carbocycles. The highest BCUT2D eigenvalue weighted by Crippen LogP contribution is 2.30. The number of rotatable bonds is 5. The first-order valence-corrected chi connectivity index (χ1v) is 7.44. The molecule has 20 heavy (non-hydrogen) atoms. The van der Waals surface area contributed by atoms with Gasteiger partial charge in [0.1, 0.15) is 16.5 Å². The lowest BCUT2D eigenvalue weighted by atomic mass is 10.1. The predicted molar refractivity (Wildman–Crippen MR) is 81.5 cm³/mol. The van der Waals surface area contributed by atoms with Crippen LogP contribution in [0.25, 0.3) is 0 Å². The number of phenols is 1. The molecule has 0 fully saturated rings. The van der Waals surface area contributed by atoms with Crippen molar-refractivity contribution in [3.05, 3.63) is 39.8 Å². The molecule has 1 heterocycles. The van der Waals surface area contributed by atoms with Crippen LogP contribution in [0.2, 0.25) is 0 Å². The van der Waals surface area contributed by atoms with Crippen LogP contribution in [0.3, 0.4) is 0 Å². The van der Waals surface area contributed by atoms with Gasteiger partial charge < -0.3 is 15.2 Å². The molecule has 2 atom stereocenters. The number of nitrogens with zero attached hydrogens (tertiary/aromatic N) is 1. The Hall–Kier alpha value is -1.59. The molecule has 0 spiro atoms. The van der Waals surface area contributed by atoms with Crippen LogP contribution in [-0.4, -0.2) is 17.2 Å². The molecule has 0 saturated carbocycles. The zero-order chi connectivity index (χ0) is 14.7. The Morgan fingerprint density at radius 3 is 2.60 bits per heavy atom. The van der Waals surface area contributed by atoms with E-state index in [1.165, 1.54) is 0 Å². The normalized spacial score (nSPS) is 14.0. The van der Waals surface area contributed by atoms with E-state index in [1.54, 1.807) is 24.5 Å². The highest BCUT2D eigenvalue weighted by molar-refractivity contribution is 7.09. The Kier molecular flexibility index (Phi) is 4.62. The van der Waals surface area contributed by atoms with Gasteiger partial charge in [-0.1, -0.05) is 6.07 Å². The van der Waals surface area contributed by atoms with Gasteiger partial charge in [-0.05, 0) is 26.8 Å². The smallest absolute Gasteiger partial charge is 0.124 e. The molecular formula is C15H20N2O2S. The van der Waals surface area contributed by atoms with Crippen LogP contribution in [0.15, 0.2) is 23.6 Å². The summed E-state index contributed by atoms with van der Waals surface area (Å²) in [7, 11) is 1.59. The van der Waals surface area contributed by atoms with Gasteiger partial charge in [0.05, 0.1) is 13.2 Å². The lowest BCUT2D eigenvalue weighted by molar-refractivity contribution is 0.402. The monoisotopic (exact) mass is 292 g/mol. The second-order valence-corrected chi connectivity index (χ2v) is 5.75. The molecule has 108 valence electrons. The molecule has 2 aromatic rings. The summed E-state index contributed by atoms with van der Waals surface area (Å²) in [6.07, 6.45) is 0. The molecule has 2 rings (SSSR count). The number of aryl methyl sites for hydroxylation is 1. The summed E-state index contributed by atoms with van der Waals surface area (Å²) in [5.41, 5.74) is 1.89. The van der Waals surface area contributed by atoms with E-state index in [0.29, 0.717) is 5.75 Å². The minimum absolute atomic E-state index is 0.0279. The Morgan fingerprint density at radius 2 is 2.05 bits per heavy atom. The first kappa shape index (κ1) is 14.8. The number of ether oxygens (including phenoxy) is 1. The van der Waals surface area contributed by atoms with Gasteiger partial charge in [-0.15, -0.1) is 11.3 Å². The molecule has 1 aromatic heterocycles. The van der Waals surface area contributed by atoms with Gasteiger partial charge in [0.15, 0.2) is 0 Å². The minimum Gasteiger partial charge on any atom is -0.507 e. The van der Waals surface area contributed by atoms with Gasteiger partial charge in [0.25, 0.3) is 0 Å². The van der Waals surface area contributed by atoms with Crippen molar-refractivity contribution in [3.8, 4) is 11.5 Å². The fraction of sp³-hybridized carbons (Fsp3) is 0.400. The zero-order valence-corrected chi connectivity index (χ0v) is 13.0. The number of methoxy groups -OCH3 is 1. The Morgan fingerprint density at radius 1 is 1.30 bits per heavy atom. The van der Waals surface area contributed by atoms with E-state index in [9.17, 15) is 5.11 Å². The second kappa shape index (κ2) is 6.24. The molecule has 2 N–H and O–H groups in total. The van der Waals surface area contributed by atoms with E-state index in [-0.39, 0.29) is 17.8 Å². The lowest BCUT2D eigenvalue weighted by Gasteiger charge is -2.20. The number of aromatic nitrogens is 1. The van der Waals surface area contributed by atoms with Gasteiger partial charge in [0, 0.05) is 28.7 Å². The highest BCUT2D eigenvalue weighted by Gasteiger charge is 2.16. The molecule has 0 radical (unpaired) electrons. The third-order valence-corrected chi connectivity index (χ3v) is 4.36. The van der Waals surface area contributed by atoms with Gasteiger partial charge >= 0.3 is 0 Å². The molecule has 0 aliphatic heterocycles. The van der Waals surface area contributed by atoms with Crippen molar-refractivity contribution in [1.29, 1.82) is 0 Å². The molecule has 2 unspecified atom stereocenters. The molecule has 0 aliphatic rings. The number of phenolic OH excluding ortho intramolecular Hbond substituents is 1. The predicted octanol–water partition coefficient (Wildman–Crippen LogP) is 3.58. The van der Waals surface area contributed by atoms with Crippen molar-refractivity contribution in [2.75, 3.05) is 7.11 Å². The van der Waals surface area contributed by atoms with Crippen molar-refractivity contribution < 1.29 is 9.84 Å². The Bertz CT molecular complexity index is 583. The quantitative estimate of drug-likeness (QED) is 0.884. The summed E-state index contributed by atoms with van der Waals surface area (Å²) in [6.45, 7) is 6.10. The standard InChI is InChI=1S/C15H20N2O2S/c1-9-8-20-15(16-9)11(3)17-10(2)13-6-5-12(19-4)7-14(13)18/h5-8,10-11,17-18H,1-4H3. The third kappa shape index (κ3) is 3.29. The van der Waals surface area contributed by atoms with Crippen molar-refractivity contribution in [2.24, 2.45) is 0 Å². The van der Waals surface area contributed by atoms with Gasteiger partial charge in [-0.2, -0.15) is 0 Å². The number of thiazole rings is 1. The summed E-state index contributed by atoms with van der Waals surface area (Å²) >= 11 is 1.65. The fourth-order valence-electron chi connectivity index (χ4n) is 2.12. The van der Waals surface area contributed by atoms with E-state index in [0.717, 1.165) is 16.3 Å². The molecule has 0 bridgehead atoms. The van der Waals surface area contributed by atoms with E-state index >= 15 is 0 Å². The maximum Gasteiger partial charge on any atom is 0.124 e.